The summed E-state index contributed by atoms with van der Waals surface area (Å²) in [6, 6.07) is 1.49. The monoisotopic (exact) mass is 290 g/mol. The normalized spacial score (nSPS) is 26.2. The van der Waals surface area contributed by atoms with Crippen LogP contribution in [0.3, 0.4) is 0 Å². The molecule has 1 aromatic rings. The molecule has 0 aliphatic carbocycles. The van der Waals surface area contributed by atoms with E-state index in [0.717, 1.165) is 13.0 Å². The molecule has 3 heterocycles. The molecule has 0 saturated carbocycles. The summed E-state index contributed by atoms with van der Waals surface area (Å²) >= 11 is 5.95. The van der Waals surface area contributed by atoms with Crippen molar-refractivity contribution in [3.63, 3.8) is 0 Å². The lowest BCUT2D eigenvalue weighted by Gasteiger charge is -2.40. The molecule has 1 saturated heterocycles. The highest BCUT2D eigenvalue weighted by molar-refractivity contribution is 6.31. The largest absolute Gasteiger partial charge is 0.368 e. The van der Waals surface area contributed by atoms with Crippen LogP contribution in [0.1, 0.15) is 18.3 Å². The number of aromatic nitrogens is 1. The molecule has 3 rings (SSSR count). The van der Waals surface area contributed by atoms with Gasteiger partial charge in [0.05, 0.1) is 17.6 Å². The molecule has 0 aromatic carbocycles. The standard InChI is InChI=1S/C11H13ClF2N4O/c12-6-2-4-18-9(6)11(19)17(5-8(13)14)10(16-18)7-1-3-15-7/h2,4,7-8,11,15,19H,1,3,5H2. The highest BCUT2D eigenvalue weighted by atomic mass is 35.5. The van der Waals surface area contributed by atoms with E-state index in [9.17, 15) is 13.9 Å². The average molecular weight is 291 g/mol. The molecule has 2 N–H and O–H groups in total. The van der Waals surface area contributed by atoms with Crippen molar-refractivity contribution >= 4 is 17.4 Å². The zero-order valence-corrected chi connectivity index (χ0v) is 10.7. The highest BCUT2D eigenvalue weighted by Gasteiger charge is 2.37. The maximum Gasteiger partial charge on any atom is 0.255 e. The van der Waals surface area contributed by atoms with Crippen molar-refractivity contribution in [2.24, 2.45) is 5.10 Å². The van der Waals surface area contributed by atoms with E-state index >= 15 is 0 Å². The summed E-state index contributed by atoms with van der Waals surface area (Å²) in [6.45, 7) is 0.251. The van der Waals surface area contributed by atoms with Gasteiger partial charge in [-0.05, 0) is 19.0 Å². The minimum atomic E-state index is -2.56. The molecule has 2 aliphatic heterocycles. The SMILES string of the molecule is OC1c2c(Cl)ccn2N=C(C2CCN2)N1CC(F)F. The number of hydrogen-bond donors (Lipinski definition) is 2. The van der Waals surface area contributed by atoms with E-state index in [0.29, 0.717) is 16.6 Å². The molecular weight excluding hydrogens is 278 g/mol. The van der Waals surface area contributed by atoms with E-state index in [4.69, 9.17) is 11.6 Å². The van der Waals surface area contributed by atoms with Crippen molar-refractivity contribution in [2.45, 2.75) is 25.1 Å². The summed E-state index contributed by atoms with van der Waals surface area (Å²) in [5, 5.41) is 18.0. The second-order valence-electron chi connectivity index (χ2n) is 4.56. The van der Waals surface area contributed by atoms with Crippen LogP contribution in [0.15, 0.2) is 17.4 Å². The number of aliphatic hydroxyl groups is 1. The molecule has 0 spiro atoms. The van der Waals surface area contributed by atoms with Crippen molar-refractivity contribution in [3.8, 4) is 0 Å². The lowest BCUT2D eigenvalue weighted by molar-refractivity contribution is -0.000789. The van der Waals surface area contributed by atoms with Gasteiger partial charge in [-0.15, -0.1) is 0 Å². The molecule has 19 heavy (non-hydrogen) atoms. The third kappa shape index (κ3) is 2.11. The molecule has 0 radical (unpaired) electrons. The lowest BCUT2D eigenvalue weighted by Crippen LogP contribution is -2.57. The first kappa shape index (κ1) is 12.8. The van der Waals surface area contributed by atoms with Crippen LogP contribution in [0.4, 0.5) is 8.78 Å². The number of fused-ring (bicyclic) bond motifs is 1. The number of halogens is 3. The van der Waals surface area contributed by atoms with Gasteiger partial charge in [0.2, 0.25) is 0 Å². The third-order valence-corrected chi connectivity index (χ3v) is 3.69. The van der Waals surface area contributed by atoms with Gasteiger partial charge in [0, 0.05) is 6.20 Å². The fraction of sp³-hybridized carbons (Fsp3) is 0.545. The molecular formula is C11H13ClF2N4O. The highest BCUT2D eigenvalue weighted by Crippen LogP contribution is 2.32. The van der Waals surface area contributed by atoms with Gasteiger partial charge in [0.25, 0.3) is 6.43 Å². The van der Waals surface area contributed by atoms with E-state index < -0.39 is 19.2 Å². The minimum absolute atomic E-state index is 0.0947. The first-order valence-electron chi connectivity index (χ1n) is 6.00. The quantitative estimate of drug-likeness (QED) is 0.880. The maximum atomic E-state index is 12.7. The van der Waals surface area contributed by atoms with Gasteiger partial charge >= 0.3 is 0 Å². The van der Waals surface area contributed by atoms with E-state index in [-0.39, 0.29) is 6.04 Å². The van der Waals surface area contributed by atoms with Crippen molar-refractivity contribution in [2.75, 3.05) is 13.1 Å². The molecule has 0 bridgehead atoms. The molecule has 5 nitrogen and oxygen atoms in total. The van der Waals surface area contributed by atoms with Crippen molar-refractivity contribution in [3.05, 3.63) is 23.0 Å². The van der Waals surface area contributed by atoms with Crippen LogP contribution in [0, 0.1) is 0 Å². The van der Waals surface area contributed by atoms with E-state index in [2.05, 4.69) is 10.4 Å². The van der Waals surface area contributed by atoms with Crippen molar-refractivity contribution in [1.29, 1.82) is 0 Å². The van der Waals surface area contributed by atoms with Crippen LogP contribution in [0.25, 0.3) is 0 Å². The van der Waals surface area contributed by atoms with E-state index in [1.165, 1.54) is 9.58 Å². The Morgan fingerprint density at radius 1 is 1.58 bits per heavy atom. The van der Waals surface area contributed by atoms with E-state index in [1.54, 1.807) is 12.3 Å². The minimum Gasteiger partial charge on any atom is -0.368 e. The summed E-state index contributed by atoms with van der Waals surface area (Å²) < 4.78 is 26.8. The number of hydrogen-bond acceptors (Lipinski definition) is 4. The first-order valence-corrected chi connectivity index (χ1v) is 6.37. The fourth-order valence-corrected chi connectivity index (χ4v) is 2.54. The number of nitrogens with one attached hydrogen (secondary N) is 1. The summed E-state index contributed by atoms with van der Waals surface area (Å²) in [5.74, 6) is 0.429. The lowest BCUT2D eigenvalue weighted by atomic mass is 10.0. The summed E-state index contributed by atoms with van der Waals surface area (Å²) in [7, 11) is 0. The first-order chi connectivity index (χ1) is 9.08. The average Bonchev–Trinajstić information content (AvgIpc) is 2.63. The topological polar surface area (TPSA) is 52.8 Å². The zero-order chi connectivity index (χ0) is 13.6. The predicted molar refractivity (Wildman–Crippen MR) is 66.4 cm³/mol. The number of rotatable bonds is 3. The Morgan fingerprint density at radius 2 is 2.32 bits per heavy atom. The van der Waals surface area contributed by atoms with Gasteiger partial charge in [-0.3, -0.25) is 0 Å². The van der Waals surface area contributed by atoms with Crippen LogP contribution >= 0.6 is 11.6 Å². The Balaban J connectivity index is 1.99. The van der Waals surface area contributed by atoms with Gasteiger partial charge in [-0.2, -0.15) is 5.10 Å². The molecule has 0 amide bonds. The second-order valence-corrected chi connectivity index (χ2v) is 4.97. The molecule has 1 aromatic heterocycles. The Hall–Kier alpha value is -1.18. The van der Waals surface area contributed by atoms with Gasteiger partial charge in [-0.1, -0.05) is 11.6 Å². The Bertz CT molecular complexity index is 515. The Labute approximate surface area is 113 Å². The van der Waals surface area contributed by atoms with Crippen LogP contribution in [-0.2, 0) is 0 Å². The summed E-state index contributed by atoms with van der Waals surface area (Å²) in [6.07, 6.45) is -1.33. The smallest absolute Gasteiger partial charge is 0.255 e. The molecule has 2 aliphatic rings. The number of amidine groups is 1. The number of aliphatic hydroxyl groups excluding tert-OH is 1. The van der Waals surface area contributed by atoms with Crippen molar-refractivity contribution in [1.82, 2.24) is 14.9 Å². The predicted octanol–water partition coefficient (Wildman–Crippen LogP) is 1.24. The summed E-state index contributed by atoms with van der Waals surface area (Å²) in [5.41, 5.74) is 0.324. The molecule has 104 valence electrons. The zero-order valence-electron chi connectivity index (χ0n) is 9.93. The van der Waals surface area contributed by atoms with Gasteiger partial charge in [0.1, 0.15) is 11.5 Å². The van der Waals surface area contributed by atoms with Crippen LogP contribution in [-0.4, -0.2) is 46.1 Å². The molecule has 2 atom stereocenters. The van der Waals surface area contributed by atoms with Crippen LogP contribution in [0.2, 0.25) is 5.02 Å². The van der Waals surface area contributed by atoms with Gasteiger partial charge in [-0.25, -0.2) is 13.5 Å². The Morgan fingerprint density at radius 3 is 2.89 bits per heavy atom. The number of alkyl halides is 2. The second kappa shape index (κ2) is 4.73. The fourth-order valence-electron chi connectivity index (χ4n) is 2.30. The van der Waals surface area contributed by atoms with Gasteiger partial charge in [0.15, 0.2) is 6.23 Å². The summed E-state index contributed by atoms with van der Waals surface area (Å²) in [4.78, 5) is 1.21. The maximum absolute atomic E-state index is 12.7. The Kier molecular flexibility index (Phi) is 3.20. The number of nitrogens with zero attached hydrogens (tertiary/aromatic N) is 3. The third-order valence-electron chi connectivity index (χ3n) is 3.37. The van der Waals surface area contributed by atoms with Gasteiger partial charge < -0.3 is 15.3 Å². The molecule has 2 unspecified atom stereocenters. The molecule has 8 heteroatoms. The van der Waals surface area contributed by atoms with Crippen LogP contribution in [0.5, 0.6) is 0 Å². The van der Waals surface area contributed by atoms with Crippen molar-refractivity contribution < 1.29 is 13.9 Å². The van der Waals surface area contributed by atoms with Crippen LogP contribution < -0.4 is 5.32 Å². The van der Waals surface area contributed by atoms with E-state index in [1.807, 2.05) is 0 Å². The molecule has 1 fully saturated rings.